The van der Waals surface area contributed by atoms with Gasteiger partial charge in [-0.1, -0.05) is 52.2 Å². The monoisotopic (exact) mass is 307 g/mol. The Morgan fingerprint density at radius 3 is 2.45 bits per heavy atom. The number of carbonyl (C=O) groups is 1. The van der Waals surface area contributed by atoms with Crippen LogP contribution in [0.3, 0.4) is 0 Å². The molecule has 22 heavy (non-hydrogen) atoms. The number of nitrogens with one attached hydrogen (secondary N) is 1. The first-order chi connectivity index (χ1) is 10.3. The van der Waals surface area contributed by atoms with Crippen molar-refractivity contribution >= 4 is 5.91 Å². The third kappa shape index (κ3) is 3.31. The average molecular weight is 307 g/mol. The number of hydrogen-bond acceptors (Lipinski definition) is 4. The fraction of sp³-hybridized carbons (Fsp3) is 0.875. The lowest BCUT2D eigenvalue weighted by molar-refractivity contribution is -0.138. The van der Waals surface area contributed by atoms with Gasteiger partial charge in [-0.25, -0.2) is 0 Å². The molecule has 0 radical (unpaired) electrons. The normalized spacial score (nSPS) is 19.7. The lowest BCUT2D eigenvalue weighted by Crippen LogP contribution is -2.49. The number of carbonyl (C=O) groups excluding carboxylic acids is 1. The third-order valence-electron chi connectivity index (χ3n) is 5.26. The number of aromatic amines is 1. The summed E-state index contributed by atoms with van der Waals surface area (Å²) in [6.07, 6.45) is 4.90. The van der Waals surface area contributed by atoms with Gasteiger partial charge in [0.05, 0.1) is 0 Å². The van der Waals surface area contributed by atoms with E-state index < -0.39 is 5.41 Å². The van der Waals surface area contributed by atoms with E-state index in [0.29, 0.717) is 11.7 Å². The molecule has 2 rings (SSSR count). The maximum Gasteiger partial charge on any atom is 0.236 e. The smallest absolute Gasteiger partial charge is 0.236 e. The quantitative estimate of drug-likeness (QED) is 0.927. The van der Waals surface area contributed by atoms with Crippen molar-refractivity contribution in [3.8, 4) is 0 Å². The van der Waals surface area contributed by atoms with Crippen molar-refractivity contribution in [2.75, 3.05) is 13.6 Å². The van der Waals surface area contributed by atoms with Gasteiger partial charge in [-0.3, -0.25) is 4.79 Å². The van der Waals surface area contributed by atoms with Crippen LogP contribution >= 0.6 is 0 Å². The van der Waals surface area contributed by atoms with Gasteiger partial charge < -0.3 is 4.90 Å². The van der Waals surface area contributed by atoms with E-state index in [1.807, 2.05) is 11.9 Å². The standard InChI is InChI=1S/C16H29N5O/c1-12(15(2,3)4)11-21(5)14(22)16(9-7-6-8-10-16)13-17-19-20-18-13/h12H,6-11H2,1-5H3,(H,17,18,19,20). The lowest BCUT2D eigenvalue weighted by Gasteiger charge is -2.38. The second kappa shape index (κ2) is 6.34. The van der Waals surface area contributed by atoms with E-state index in [1.165, 1.54) is 6.42 Å². The van der Waals surface area contributed by atoms with Crippen LogP contribution in [0.5, 0.6) is 0 Å². The van der Waals surface area contributed by atoms with Gasteiger partial charge in [-0.2, -0.15) is 5.21 Å². The molecule has 6 heteroatoms. The molecule has 0 aromatic carbocycles. The van der Waals surface area contributed by atoms with Gasteiger partial charge in [0.15, 0.2) is 5.82 Å². The maximum absolute atomic E-state index is 13.2. The van der Waals surface area contributed by atoms with Crippen LogP contribution < -0.4 is 0 Å². The van der Waals surface area contributed by atoms with E-state index in [2.05, 4.69) is 48.3 Å². The van der Waals surface area contributed by atoms with Crippen molar-refractivity contribution in [3.63, 3.8) is 0 Å². The zero-order valence-electron chi connectivity index (χ0n) is 14.5. The molecule has 124 valence electrons. The molecular formula is C16H29N5O. The molecule has 1 aliphatic rings. The van der Waals surface area contributed by atoms with Gasteiger partial charge in [0.2, 0.25) is 5.91 Å². The molecule has 0 aliphatic heterocycles. The van der Waals surface area contributed by atoms with Gasteiger partial charge in [0.25, 0.3) is 0 Å². The molecule has 1 unspecified atom stereocenters. The number of rotatable bonds is 4. The highest BCUT2D eigenvalue weighted by Gasteiger charge is 2.46. The molecule has 1 N–H and O–H groups in total. The van der Waals surface area contributed by atoms with Crippen LogP contribution in [0.4, 0.5) is 0 Å². The fourth-order valence-corrected chi connectivity index (χ4v) is 3.19. The maximum atomic E-state index is 13.2. The number of likely N-dealkylation sites (N-methyl/N-ethyl adjacent to an activating group) is 1. The Morgan fingerprint density at radius 2 is 1.95 bits per heavy atom. The van der Waals surface area contributed by atoms with Crippen molar-refractivity contribution in [2.24, 2.45) is 11.3 Å². The summed E-state index contributed by atoms with van der Waals surface area (Å²) in [5.41, 5.74) is -0.405. The lowest BCUT2D eigenvalue weighted by atomic mass is 9.72. The zero-order valence-corrected chi connectivity index (χ0v) is 14.5. The van der Waals surface area contributed by atoms with E-state index in [1.54, 1.807) is 0 Å². The number of hydrogen-bond donors (Lipinski definition) is 1. The summed E-state index contributed by atoms with van der Waals surface area (Å²) < 4.78 is 0. The Labute approximate surface area is 133 Å². The zero-order chi connectivity index (χ0) is 16.4. The molecule has 1 atom stereocenters. The second-order valence-corrected chi connectivity index (χ2v) is 7.83. The minimum atomic E-state index is -0.586. The molecular weight excluding hydrogens is 278 g/mol. The highest BCUT2D eigenvalue weighted by Crippen LogP contribution is 2.39. The summed E-state index contributed by atoms with van der Waals surface area (Å²) in [5.74, 6) is 1.13. The molecule has 1 aromatic rings. The van der Waals surface area contributed by atoms with Gasteiger partial charge in [0.1, 0.15) is 5.41 Å². The summed E-state index contributed by atoms with van der Waals surface area (Å²) >= 11 is 0. The number of aromatic nitrogens is 4. The Balaban J connectivity index is 2.19. The molecule has 1 fully saturated rings. The number of amides is 1. The van der Waals surface area contributed by atoms with E-state index in [4.69, 9.17) is 0 Å². The molecule has 1 aromatic heterocycles. The van der Waals surface area contributed by atoms with Crippen molar-refractivity contribution in [2.45, 2.75) is 65.2 Å². The molecule has 1 saturated carbocycles. The summed E-state index contributed by atoms with van der Waals surface area (Å²) in [5, 5.41) is 14.5. The van der Waals surface area contributed by atoms with Crippen molar-refractivity contribution in [1.29, 1.82) is 0 Å². The molecule has 0 bridgehead atoms. The highest BCUT2D eigenvalue weighted by molar-refractivity contribution is 5.87. The summed E-state index contributed by atoms with van der Waals surface area (Å²) in [6, 6.07) is 0. The van der Waals surface area contributed by atoms with Crippen LogP contribution in [0.1, 0.15) is 65.6 Å². The predicted molar refractivity (Wildman–Crippen MR) is 85.2 cm³/mol. The number of H-pyrrole nitrogens is 1. The molecule has 0 spiro atoms. The largest absolute Gasteiger partial charge is 0.345 e. The van der Waals surface area contributed by atoms with E-state index in [0.717, 1.165) is 32.2 Å². The van der Waals surface area contributed by atoms with Gasteiger partial charge >= 0.3 is 0 Å². The van der Waals surface area contributed by atoms with Crippen molar-refractivity contribution < 1.29 is 4.79 Å². The van der Waals surface area contributed by atoms with Crippen molar-refractivity contribution in [1.82, 2.24) is 25.5 Å². The van der Waals surface area contributed by atoms with Crippen LogP contribution in [0, 0.1) is 11.3 Å². The highest BCUT2D eigenvalue weighted by atomic mass is 16.2. The molecule has 6 nitrogen and oxygen atoms in total. The van der Waals surface area contributed by atoms with E-state index in [9.17, 15) is 4.79 Å². The molecule has 0 saturated heterocycles. The molecule has 1 heterocycles. The summed E-state index contributed by atoms with van der Waals surface area (Å²) in [7, 11) is 1.90. The van der Waals surface area contributed by atoms with E-state index >= 15 is 0 Å². The average Bonchev–Trinajstić information content (AvgIpc) is 3.00. The second-order valence-electron chi connectivity index (χ2n) is 7.83. The SMILES string of the molecule is CC(CN(C)C(=O)C1(c2nn[nH]n2)CCCCC1)C(C)(C)C. The first-order valence-corrected chi connectivity index (χ1v) is 8.27. The predicted octanol–water partition coefficient (Wildman–Crippen LogP) is 2.54. The first kappa shape index (κ1) is 16.9. The Bertz CT molecular complexity index is 485. The van der Waals surface area contributed by atoms with Crippen LogP contribution in [-0.2, 0) is 10.2 Å². The van der Waals surface area contributed by atoms with Crippen LogP contribution in [0.2, 0.25) is 0 Å². The summed E-state index contributed by atoms with van der Waals surface area (Å²) in [4.78, 5) is 15.1. The first-order valence-electron chi connectivity index (χ1n) is 8.27. The minimum absolute atomic E-state index is 0.143. The molecule has 1 aliphatic carbocycles. The topological polar surface area (TPSA) is 74.8 Å². The minimum Gasteiger partial charge on any atom is -0.345 e. The number of nitrogens with zero attached hydrogens (tertiary/aromatic N) is 4. The Morgan fingerprint density at radius 1 is 1.32 bits per heavy atom. The van der Waals surface area contributed by atoms with Crippen molar-refractivity contribution in [3.05, 3.63) is 5.82 Å². The van der Waals surface area contributed by atoms with Crippen LogP contribution in [0.25, 0.3) is 0 Å². The Kier molecular flexibility index (Phi) is 4.87. The summed E-state index contributed by atoms with van der Waals surface area (Å²) in [6.45, 7) is 9.59. The van der Waals surface area contributed by atoms with E-state index in [-0.39, 0.29) is 11.3 Å². The van der Waals surface area contributed by atoms with Crippen LogP contribution in [0.15, 0.2) is 0 Å². The number of tetrazole rings is 1. The fourth-order valence-electron chi connectivity index (χ4n) is 3.19. The van der Waals surface area contributed by atoms with Crippen LogP contribution in [-0.4, -0.2) is 45.0 Å². The molecule has 1 amide bonds. The Hall–Kier alpha value is -1.46. The third-order valence-corrected chi connectivity index (χ3v) is 5.26. The van der Waals surface area contributed by atoms with Gasteiger partial charge in [-0.05, 0) is 24.2 Å². The van der Waals surface area contributed by atoms with Gasteiger partial charge in [-0.15, -0.1) is 10.2 Å². The van der Waals surface area contributed by atoms with Gasteiger partial charge in [0, 0.05) is 13.6 Å².